The molecular formula is C15H15ClFNO2S. The van der Waals surface area contributed by atoms with Crippen molar-refractivity contribution in [3.8, 4) is 5.75 Å². The van der Waals surface area contributed by atoms with Gasteiger partial charge in [-0.2, -0.15) is 0 Å². The molecule has 0 bridgehead atoms. The van der Waals surface area contributed by atoms with E-state index in [-0.39, 0.29) is 5.02 Å². The zero-order chi connectivity index (χ0) is 15.2. The number of nitrogen functional groups attached to an aromatic ring is 1. The molecule has 0 saturated carbocycles. The highest BCUT2D eigenvalue weighted by Gasteiger charge is 2.07. The van der Waals surface area contributed by atoms with Crippen LogP contribution in [0, 0.1) is 5.82 Å². The van der Waals surface area contributed by atoms with Gasteiger partial charge in [-0.15, -0.1) is 0 Å². The summed E-state index contributed by atoms with van der Waals surface area (Å²) in [4.78, 5) is 0.519. The van der Waals surface area contributed by atoms with E-state index in [1.54, 1.807) is 12.1 Å². The lowest BCUT2D eigenvalue weighted by Crippen LogP contribution is -2.05. The second kappa shape index (κ2) is 7.43. The lowest BCUT2D eigenvalue weighted by Gasteiger charge is -2.07. The Balaban J connectivity index is 1.80. The average Bonchev–Trinajstić information content (AvgIpc) is 2.46. The van der Waals surface area contributed by atoms with Crippen LogP contribution in [0.5, 0.6) is 5.75 Å². The molecule has 0 spiro atoms. The standard InChI is InChI=1S/C15H15ClFNO2S/c16-14-10-13(5-6-15(14)17)21(19)8-2-7-20-12-4-1-3-11(18)9-12/h1,3-6,9-10H,2,7-8,18H2. The molecule has 0 radical (unpaired) electrons. The van der Waals surface area contributed by atoms with Crippen LogP contribution in [-0.4, -0.2) is 16.6 Å². The first-order valence-corrected chi connectivity index (χ1v) is 8.08. The molecule has 1 unspecified atom stereocenters. The molecule has 0 aliphatic rings. The van der Waals surface area contributed by atoms with Crippen LogP contribution in [-0.2, 0) is 10.8 Å². The van der Waals surface area contributed by atoms with Gasteiger partial charge in [0.05, 0.1) is 22.4 Å². The number of halogens is 2. The molecule has 3 nitrogen and oxygen atoms in total. The Morgan fingerprint density at radius 3 is 2.76 bits per heavy atom. The molecule has 2 rings (SSSR count). The van der Waals surface area contributed by atoms with Gasteiger partial charge in [0, 0.05) is 22.4 Å². The number of anilines is 1. The van der Waals surface area contributed by atoms with Gasteiger partial charge in [0.2, 0.25) is 0 Å². The van der Waals surface area contributed by atoms with Gasteiger partial charge in [-0.1, -0.05) is 17.7 Å². The molecule has 2 aromatic rings. The molecule has 2 aromatic carbocycles. The van der Waals surface area contributed by atoms with Gasteiger partial charge in [-0.25, -0.2) is 4.39 Å². The third-order valence-electron chi connectivity index (χ3n) is 2.75. The maximum atomic E-state index is 13.0. The van der Waals surface area contributed by atoms with Gasteiger partial charge in [0.25, 0.3) is 0 Å². The van der Waals surface area contributed by atoms with Crippen LogP contribution in [0.25, 0.3) is 0 Å². The topological polar surface area (TPSA) is 52.3 Å². The van der Waals surface area contributed by atoms with Gasteiger partial charge in [0.1, 0.15) is 11.6 Å². The summed E-state index contributed by atoms with van der Waals surface area (Å²) >= 11 is 5.67. The van der Waals surface area contributed by atoms with Crippen LogP contribution in [0.15, 0.2) is 47.4 Å². The number of hydrogen-bond acceptors (Lipinski definition) is 3. The molecule has 0 heterocycles. The zero-order valence-corrected chi connectivity index (χ0v) is 12.8. The van der Waals surface area contributed by atoms with E-state index < -0.39 is 16.6 Å². The van der Waals surface area contributed by atoms with E-state index in [2.05, 4.69) is 0 Å². The molecule has 1 atom stereocenters. The van der Waals surface area contributed by atoms with E-state index in [0.29, 0.717) is 35.1 Å². The fraction of sp³-hybridized carbons (Fsp3) is 0.200. The Kier molecular flexibility index (Phi) is 5.59. The van der Waals surface area contributed by atoms with Crippen LogP contribution in [0.1, 0.15) is 6.42 Å². The fourth-order valence-electron chi connectivity index (χ4n) is 1.72. The number of rotatable bonds is 6. The molecule has 0 aliphatic carbocycles. The van der Waals surface area contributed by atoms with Crippen LogP contribution >= 0.6 is 11.6 Å². The van der Waals surface area contributed by atoms with Crippen molar-refractivity contribution in [2.75, 3.05) is 18.1 Å². The van der Waals surface area contributed by atoms with E-state index >= 15 is 0 Å². The summed E-state index contributed by atoms with van der Waals surface area (Å²) in [5, 5.41) is -0.0168. The minimum absolute atomic E-state index is 0.0168. The third kappa shape index (κ3) is 4.72. The molecule has 2 N–H and O–H groups in total. The fourth-order valence-corrected chi connectivity index (χ4v) is 3.05. The van der Waals surface area contributed by atoms with Crippen molar-refractivity contribution in [2.24, 2.45) is 0 Å². The van der Waals surface area contributed by atoms with Crippen molar-refractivity contribution in [1.82, 2.24) is 0 Å². The molecule has 21 heavy (non-hydrogen) atoms. The molecular weight excluding hydrogens is 313 g/mol. The Morgan fingerprint density at radius 2 is 2.05 bits per heavy atom. The summed E-state index contributed by atoms with van der Waals surface area (Å²) in [6.45, 7) is 0.435. The van der Waals surface area contributed by atoms with E-state index in [9.17, 15) is 8.60 Å². The minimum atomic E-state index is -1.22. The van der Waals surface area contributed by atoms with Gasteiger partial charge >= 0.3 is 0 Å². The SMILES string of the molecule is Nc1cccc(OCCCS(=O)c2ccc(F)c(Cl)c2)c1. The Hall–Kier alpha value is -1.59. The highest BCUT2D eigenvalue weighted by Crippen LogP contribution is 2.19. The highest BCUT2D eigenvalue weighted by molar-refractivity contribution is 7.85. The van der Waals surface area contributed by atoms with Crippen LogP contribution < -0.4 is 10.5 Å². The Labute approximate surface area is 130 Å². The first kappa shape index (κ1) is 15.8. The highest BCUT2D eigenvalue weighted by atomic mass is 35.5. The first-order valence-electron chi connectivity index (χ1n) is 6.38. The Bertz CT molecular complexity index is 651. The summed E-state index contributed by atoms with van der Waals surface area (Å²) in [6, 6.07) is 11.2. The van der Waals surface area contributed by atoms with Gasteiger partial charge < -0.3 is 10.5 Å². The molecule has 0 aliphatic heterocycles. The lowest BCUT2D eigenvalue weighted by atomic mass is 10.3. The quantitative estimate of drug-likeness (QED) is 0.651. The minimum Gasteiger partial charge on any atom is -0.493 e. The smallest absolute Gasteiger partial charge is 0.141 e. The van der Waals surface area contributed by atoms with Crippen LogP contribution in [0.2, 0.25) is 5.02 Å². The number of ether oxygens (including phenoxy) is 1. The van der Waals surface area contributed by atoms with Crippen molar-refractivity contribution in [2.45, 2.75) is 11.3 Å². The van der Waals surface area contributed by atoms with Gasteiger partial charge in [-0.3, -0.25) is 4.21 Å². The molecule has 6 heteroatoms. The van der Waals surface area contributed by atoms with Crippen LogP contribution in [0.3, 0.4) is 0 Å². The first-order chi connectivity index (χ1) is 10.1. The lowest BCUT2D eigenvalue weighted by molar-refractivity contribution is 0.318. The van der Waals surface area contributed by atoms with E-state index in [0.717, 1.165) is 0 Å². The average molecular weight is 328 g/mol. The molecule has 0 aromatic heterocycles. The van der Waals surface area contributed by atoms with Crippen molar-refractivity contribution in [3.05, 3.63) is 53.3 Å². The summed E-state index contributed by atoms with van der Waals surface area (Å²) in [7, 11) is -1.22. The van der Waals surface area contributed by atoms with Crippen LogP contribution in [0.4, 0.5) is 10.1 Å². The number of benzene rings is 2. The largest absolute Gasteiger partial charge is 0.493 e. The maximum absolute atomic E-state index is 13.0. The van der Waals surface area contributed by atoms with Crippen molar-refractivity contribution >= 4 is 28.1 Å². The molecule has 0 saturated heterocycles. The molecule has 0 amide bonds. The van der Waals surface area contributed by atoms with E-state index in [1.807, 2.05) is 12.1 Å². The summed E-state index contributed by atoms with van der Waals surface area (Å²) in [6.07, 6.45) is 0.608. The van der Waals surface area contributed by atoms with Crippen molar-refractivity contribution in [1.29, 1.82) is 0 Å². The summed E-state index contributed by atoms with van der Waals surface area (Å²) < 4.78 is 30.6. The van der Waals surface area contributed by atoms with Crippen molar-refractivity contribution in [3.63, 3.8) is 0 Å². The predicted octanol–water partition coefficient (Wildman–Crippen LogP) is 3.64. The number of hydrogen-bond donors (Lipinski definition) is 1. The third-order valence-corrected chi connectivity index (χ3v) is 4.48. The maximum Gasteiger partial charge on any atom is 0.141 e. The number of nitrogens with two attached hydrogens (primary N) is 1. The second-order valence-corrected chi connectivity index (χ2v) is 6.38. The predicted molar refractivity (Wildman–Crippen MR) is 83.7 cm³/mol. The zero-order valence-electron chi connectivity index (χ0n) is 11.2. The van der Waals surface area contributed by atoms with E-state index in [1.165, 1.54) is 18.2 Å². The monoisotopic (exact) mass is 327 g/mol. The molecule has 112 valence electrons. The van der Waals surface area contributed by atoms with Gasteiger partial charge in [-0.05, 0) is 36.8 Å². The van der Waals surface area contributed by atoms with Gasteiger partial charge in [0.15, 0.2) is 0 Å². The molecule has 0 fully saturated rings. The summed E-state index contributed by atoms with van der Waals surface area (Å²) in [5.41, 5.74) is 6.28. The van der Waals surface area contributed by atoms with E-state index in [4.69, 9.17) is 22.1 Å². The normalized spacial score (nSPS) is 12.1. The van der Waals surface area contributed by atoms with Crippen molar-refractivity contribution < 1.29 is 13.3 Å². The Morgan fingerprint density at radius 1 is 1.24 bits per heavy atom. The summed E-state index contributed by atoms with van der Waals surface area (Å²) in [5.74, 6) is 0.595. The second-order valence-electron chi connectivity index (χ2n) is 4.40.